The van der Waals surface area contributed by atoms with E-state index >= 15 is 0 Å². The Bertz CT molecular complexity index is 497. The van der Waals surface area contributed by atoms with Crippen LogP contribution in [0.5, 0.6) is 11.5 Å². The first kappa shape index (κ1) is 16.5. The first-order valence-corrected chi connectivity index (χ1v) is 7.90. The number of likely N-dealkylation sites (tertiary alicyclic amines) is 1. The van der Waals surface area contributed by atoms with Gasteiger partial charge in [-0.3, -0.25) is 0 Å². The van der Waals surface area contributed by atoms with E-state index in [1.165, 1.54) is 0 Å². The van der Waals surface area contributed by atoms with Crippen LogP contribution in [0.3, 0.4) is 0 Å². The molecule has 2 rings (SSSR count). The molecule has 0 aromatic heterocycles. The number of benzene rings is 1. The molecule has 122 valence electrons. The van der Waals surface area contributed by atoms with Crippen LogP contribution in [0, 0.1) is 12.8 Å². The zero-order valence-corrected chi connectivity index (χ0v) is 13.7. The monoisotopic (exact) mass is 306 g/mol. The van der Waals surface area contributed by atoms with Gasteiger partial charge in [0.05, 0.1) is 13.7 Å². The van der Waals surface area contributed by atoms with Crippen molar-refractivity contribution in [3.8, 4) is 11.5 Å². The lowest BCUT2D eigenvalue weighted by molar-refractivity contribution is 0.171. The van der Waals surface area contributed by atoms with E-state index in [1.54, 1.807) is 7.11 Å². The molecule has 2 amide bonds. The van der Waals surface area contributed by atoms with E-state index in [1.807, 2.05) is 30.0 Å². The molecule has 5 heteroatoms. The quantitative estimate of drug-likeness (QED) is 0.851. The van der Waals surface area contributed by atoms with Gasteiger partial charge in [-0.1, -0.05) is 13.0 Å². The van der Waals surface area contributed by atoms with Crippen molar-refractivity contribution in [2.45, 2.75) is 26.7 Å². The Kier molecular flexibility index (Phi) is 5.92. The molecule has 0 unspecified atom stereocenters. The Balaban J connectivity index is 1.72. The highest BCUT2D eigenvalue weighted by Gasteiger charge is 2.19. The molecule has 0 bridgehead atoms. The minimum atomic E-state index is 0.00590. The number of carbonyl (C=O) groups is 1. The summed E-state index contributed by atoms with van der Waals surface area (Å²) in [5, 5.41) is 2.91. The third kappa shape index (κ3) is 4.55. The molecule has 0 spiro atoms. The summed E-state index contributed by atoms with van der Waals surface area (Å²) in [5.41, 5.74) is 1.12. The summed E-state index contributed by atoms with van der Waals surface area (Å²) in [6, 6.07) is 5.81. The fourth-order valence-electron chi connectivity index (χ4n) is 2.54. The summed E-state index contributed by atoms with van der Waals surface area (Å²) in [7, 11) is 1.63. The molecule has 22 heavy (non-hydrogen) atoms. The zero-order valence-electron chi connectivity index (χ0n) is 13.7. The van der Waals surface area contributed by atoms with Crippen LogP contribution >= 0.6 is 0 Å². The van der Waals surface area contributed by atoms with Crippen LogP contribution in [0.15, 0.2) is 18.2 Å². The molecule has 0 radical (unpaired) electrons. The van der Waals surface area contributed by atoms with Crippen LogP contribution in [0.1, 0.15) is 25.3 Å². The number of piperidine rings is 1. The van der Waals surface area contributed by atoms with Gasteiger partial charge in [0.25, 0.3) is 0 Å². The molecule has 1 aromatic rings. The van der Waals surface area contributed by atoms with Crippen LogP contribution in [0.25, 0.3) is 0 Å². The van der Waals surface area contributed by atoms with Crippen molar-refractivity contribution in [3.63, 3.8) is 0 Å². The summed E-state index contributed by atoms with van der Waals surface area (Å²) in [6.07, 6.45) is 2.18. The number of aryl methyl sites for hydroxylation is 1. The number of hydrogen-bond donors (Lipinski definition) is 1. The molecular weight excluding hydrogens is 280 g/mol. The molecule has 1 aliphatic heterocycles. The van der Waals surface area contributed by atoms with E-state index in [0.29, 0.717) is 18.9 Å². The predicted octanol–water partition coefficient (Wildman–Crippen LogP) is 2.82. The highest BCUT2D eigenvalue weighted by Crippen LogP contribution is 2.27. The Morgan fingerprint density at radius 3 is 2.73 bits per heavy atom. The number of ether oxygens (including phenoxy) is 2. The topological polar surface area (TPSA) is 50.8 Å². The van der Waals surface area contributed by atoms with Gasteiger partial charge in [-0.25, -0.2) is 4.79 Å². The lowest BCUT2D eigenvalue weighted by Crippen LogP contribution is -2.45. The molecule has 1 N–H and O–H groups in total. The summed E-state index contributed by atoms with van der Waals surface area (Å²) < 4.78 is 11.0. The van der Waals surface area contributed by atoms with E-state index in [-0.39, 0.29) is 6.03 Å². The van der Waals surface area contributed by atoms with Crippen molar-refractivity contribution < 1.29 is 14.3 Å². The fourth-order valence-corrected chi connectivity index (χ4v) is 2.54. The lowest BCUT2D eigenvalue weighted by atomic mass is 10.00. The Hall–Kier alpha value is -1.91. The van der Waals surface area contributed by atoms with Gasteiger partial charge in [0, 0.05) is 13.1 Å². The zero-order chi connectivity index (χ0) is 15.9. The highest BCUT2D eigenvalue weighted by molar-refractivity contribution is 5.74. The molecule has 1 fully saturated rings. The molecule has 0 atom stereocenters. The number of methoxy groups -OCH3 is 1. The Labute approximate surface area is 132 Å². The maximum atomic E-state index is 12.0. The first-order chi connectivity index (χ1) is 10.6. The van der Waals surface area contributed by atoms with Gasteiger partial charge in [-0.2, -0.15) is 0 Å². The lowest BCUT2D eigenvalue weighted by Gasteiger charge is -2.30. The standard InChI is InChI=1S/C17H26N2O3/c1-13-6-9-19(10-7-13)17(20)18-8-11-22-15-5-4-14(2)12-16(15)21-3/h4-5,12-13H,6-11H2,1-3H3,(H,18,20). The molecule has 1 saturated heterocycles. The number of hydrogen-bond acceptors (Lipinski definition) is 3. The Morgan fingerprint density at radius 2 is 2.05 bits per heavy atom. The van der Waals surface area contributed by atoms with Crippen molar-refractivity contribution in [3.05, 3.63) is 23.8 Å². The second-order valence-electron chi connectivity index (χ2n) is 5.90. The number of nitrogens with zero attached hydrogens (tertiary/aromatic N) is 1. The Morgan fingerprint density at radius 1 is 1.32 bits per heavy atom. The van der Waals surface area contributed by atoms with Gasteiger partial charge in [0.2, 0.25) is 0 Å². The fraction of sp³-hybridized carbons (Fsp3) is 0.588. The van der Waals surface area contributed by atoms with Gasteiger partial charge < -0.3 is 19.7 Å². The van der Waals surface area contributed by atoms with E-state index in [4.69, 9.17) is 9.47 Å². The minimum Gasteiger partial charge on any atom is -0.493 e. The normalized spacial score (nSPS) is 15.5. The third-order valence-corrected chi connectivity index (χ3v) is 4.03. The number of rotatable bonds is 5. The number of amides is 2. The van der Waals surface area contributed by atoms with Gasteiger partial charge >= 0.3 is 6.03 Å². The van der Waals surface area contributed by atoms with E-state index < -0.39 is 0 Å². The molecule has 0 saturated carbocycles. The van der Waals surface area contributed by atoms with Gasteiger partial charge in [-0.05, 0) is 43.4 Å². The third-order valence-electron chi connectivity index (χ3n) is 4.03. The van der Waals surface area contributed by atoms with Crippen LogP contribution in [-0.2, 0) is 0 Å². The maximum absolute atomic E-state index is 12.0. The van der Waals surface area contributed by atoms with Crippen LogP contribution in [0.2, 0.25) is 0 Å². The van der Waals surface area contributed by atoms with Crippen LogP contribution in [0.4, 0.5) is 4.79 Å². The average molecular weight is 306 g/mol. The molecular formula is C17H26N2O3. The van der Waals surface area contributed by atoms with Gasteiger partial charge in [-0.15, -0.1) is 0 Å². The summed E-state index contributed by atoms with van der Waals surface area (Å²) in [6.45, 7) is 6.85. The second-order valence-corrected chi connectivity index (χ2v) is 5.90. The van der Waals surface area contributed by atoms with E-state index in [9.17, 15) is 4.79 Å². The number of urea groups is 1. The van der Waals surface area contributed by atoms with Crippen molar-refractivity contribution in [1.29, 1.82) is 0 Å². The van der Waals surface area contributed by atoms with Crippen LogP contribution < -0.4 is 14.8 Å². The smallest absolute Gasteiger partial charge is 0.317 e. The van der Waals surface area contributed by atoms with E-state index in [0.717, 1.165) is 43.2 Å². The first-order valence-electron chi connectivity index (χ1n) is 7.90. The van der Waals surface area contributed by atoms with Gasteiger partial charge in [0.1, 0.15) is 6.61 Å². The minimum absolute atomic E-state index is 0.00590. The number of carbonyl (C=O) groups excluding carboxylic acids is 1. The molecule has 1 heterocycles. The van der Waals surface area contributed by atoms with Crippen molar-refractivity contribution >= 4 is 6.03 Å². The van der Waals surface area contributed by atoms with E-state index in [2.05, 4.69) is 12.2 Å². The summed E-state index contributed by atoms with van der Waals surface area (Å²) in [4.78, 5) is 13.9. The SMILES string of the molecule is COc1cc(C)ccc1OCCNC(=O)N1CCC(C)CC1. The maximum Gasteiger partial charge on any atom is 0.317 e. The molecule has 5 nitrogen and oxygen atoms in total. The van der Waals surface area contributed by atoms with Gasteiger partial charge in [0.15, 0.2) is 11.5 Å². The molecule has 0 aliphatic carbocycles. The highest BCUT2D eigenvalue weighted by atomic mass is 16.5. The van der Waals surface area contributed by atoms with Crippen molar-refractivity contribution in [2.75, 3.05) is 33.4 Å². The molecule has 1 aromatic carbocycles. The van der Waals surface area contributed by atoms with Crippen molar-refractivity contribution in [2.24, 2.45) is 5.92 Å². The predicted molar refractivity (Wildman–Crippen MR) is 86.6 cm³/mol. The summed E-state index contributed by atoms with van der Waals surface area (Å²) in [5.74, 6) is 2.15. The van der Waals surface area contributed by atoms with Crippen molar-refractivity contribution in [1.82, 2.24) is 10.2 Å². The largest absolute Gasteiger partial charge is 0.493 e. The second kappa shape index (κ2) is 7.92. The molecule has 1 aliphatic rings. The average Bonchev–Trinajstić information content (AvgIpc) is 2.53. The van der Waals surface area contributed by atoms with Crippen LogP contribution in [-0.4, -0.2) is 44.3 Å². The number of nitrogens with one attached hydrogen (secondary N) is 1. The summed E-state index contributed by atoms with van der Waals surface area (Å²) >= 11 is 0.